The van der Waals surface area contributed by atoms with Gasteiger partial charge in [0.15, 0.2) is 74.4 Å². The Morgan fingerprint density at radius 2 is 0.657 bits per heavy atom. The second kappa shape index (κ2) is 32.0. The van der Waals surface area contributed by atoms with Crippen LogP contribution in [0.15, 0.2) is 299 Å². The first kappa shape index (κ1) is 76.6. The SMILES string of the molecule is CC(F)(F)C(F)(F)S(=O)(=O)[O-].O=C(Oc1ccc([S+](c2ccccc2)c2ccccc2)cc1)C(F)(C(F)(F)F)S(=O)(=O)[O-].O=C(Oc1ccc([S+](c2ccccc2)c2ccccc2)cc1)C(F)(F)S(=O)(=O)[O-].c1ccc([S+](c2ccccc2)c2ccc(OC3CC4CCC3C4)cc2)cc1. The fourth-order valence-corrected chi connectivity index (χ4v) is 17.5. The maximum absolute atomic E-state index is 14.0. The topological polar surface area (TPSA) is 233 Å². The average Bonchev–Trinajstić information content (AvgIpc) is 1.29. The maximum Gasteiger partial charge on any atom is 0.447 e. The second-order valence-corrected chi connectivity index (χ2v) is 32.1. The fraction of sp³-hybridized carbons (Fsp3) is 0.188. The molecular formula is C69H56F10O14S6. The summed E-state index contributed by atoms with van der Waals surface area (Å²) in [6, 6.07) is 79.1. The van der Waals surface area contributed by atoms with Gasteiger partial charge in [-0.3, -0.25) is 0 Å². The molecule has 0 spiro atoms. The van der Waals surface area contributed by atoms with Crippen molar-refractivity contribution in [2.75, 3.05) is 0 Å². The number of carbonyl (C=O) groups is 2. The molecule has 4 unspecified atom stereocenters. The summed E-state index contributed by atoms with van der Waals surface area (Å²) in [7, 11) is -20.4. The zero-order chi connectivity index (χ0) is 72.2. The number of hydrogen-bond donors (Lipinski definition) is 0. The zero-order valence-corrected chi connectivity index (χ0v) is 56.2. The van der Waals surface area contributed by atoms with Gasteiger partial charge in [-0.15, -0.1) is 0 Å². The molecule has 0 radical (unpaired) electrons. The lowest BCUT2D eigenvalue weighted by Gasteiger charge is -2.27. The molecule has 4 atom stereocenters. The molecule has 14 nitrogen and oxygen atoms in total. The summed E-state index contributed by atoms with van der Waals surface area (Å²) in [4.78, 5) is 32.6. The Labute approximate surface area is 572 Å². The van der Waals surface area contributed by atoms with Crippen molar-refractivity contribution in [1.29, 1.82) is 0 Å². The highest BCUT2D eigenvalue weighted by Crippen LogP contribution is 2.47. The lowest BCUT2D eigenvalue weighted by atomic mass is 9.98. The van der Waals surface area contributed by atoms with Gasteiger partial charge in [0.1, 0.15) is 23.4 Å². The van der Waals surface area contributed by atoms with Gasteiger partial charge in [-0.2, -0.15) is 39.5 Å². The van der Waals surface area contributed by atoms with E-state index in [-0.39, 0.29) is 23.6 Å². The highest BCUT2D eigenvalue weighted by molar-refractivity contribution is 7.97. The maximum atomic E-state index is 14.0. The van der Waals surface area contributed by atoms with E-state index in [1.165, 1.54) is 64.6 Å². The number of carbonyl (C=O) groups excluding carboxylic acids is 2. The number of ether oxygens (including phenoxy) is 3. The summed E-state index contributed by atoms with van der Waals surface area (Å²) in [5, 5.41) is -16.4. The molecular weight excluding hydrogens is 1440 g/mol. The van der Waals surface area contributed by atoms with E-state index in [1.807, 2.05) is 121 Å². The lowest BCUT2D eigenvalue weighted by Crippen LogP contribution is -2.56. The van der Waals surface area contributed by atoms with Gasteiger partial charge < -0.3 is 27.9 Å². The zero-order valence-electron chi connectivity index (χ0n) is 51.3. The van der Waals surface area contributed by atoms with Crippen molar-refractivity contribution in [2.24, 2.45) is 11.8 Å². The third kappa shape index (κ3) is 18.8. The molecule has 0 N–H and O–H groups in total. The van der Waals surface area contributed by atoms with E-state index in [2.05, 4.69) is 94.4 Å². The van der Waals surface area contributed by atoms with Crippen molar-refractivity contribution < 1.29 is 107 Å². The predicted molar refractivity (Wildman–Crippen MR) is 345 cm³/mol. The van der Waals surface area contributed by atoms with E-state index >= 15 is 0 Å². The van der Waals surface area contributed by atoms with Crippen molar-refractivity contribution in [3.8, 4) is 17.2 Å². The third-order valence-electron chi connectivity index (χ3n) is 14.8. The Bertz CT molecular complexity index is 4370. The first-order chi connectivity index (χ1) is 46.5. The molecule has 0 heterocycles. The van der Waals surface area contributed by atoms with Crippen LogP contribution in [0.4, 0.5) is 43.9 Å². The minimum absolute atomic E-state index is 0.0839. The smallest absolute Gasteiger partial charge is 0.447 e. The highest BCUT2D eigenvalue weighted by Gasteiger charge is 2.69. The van der Waals surface area contributed by atoms with E-state index in [1.54, 1.807) is 12.1 Å². The molecule has 2 bridgehead atoms. The molecule has 2 aliphatic rings. The van der Waals surface area contributed by atoms with Gasteiger partial charge in [0, 0.05) is 6.92 Å². The predicted octanol–water partition coefficient (Wildman–Crippen LogP) is 15.4. The monoisotopic (exact) mass is 1490 g/mol. The summed E-state index contributed by atoms with van der Waals surface area (Å²) in [5.74, 6) is -8.29. The van der Waals surface area contributed by atoms with Crippen molar-refractivity contribution >= 4 is 75.0 Å². The molecule has 0 saturated heterocycles. The Balaban J connectivity index is 0.000000176. The van der Waals surface area contributed by atoms with Crippen molar-refractivity contribution in [3.05, 3.63) is 255 Å². The Kier molecular flexibility index (Phi) is 24.7. The quantitative estimate of drug-likeness (QED) is 0.0241. The van der Waals surface area contributed by atoms with Crippen LogP contribution >= 0.6 is 0 Å². The molecule has 0 aliphatic heterocycles. The fourth-order valence-electron chi connectivity index (χ4n) is 10.0. The summed E-state index contributed by atoms with van der Waals surface area (Å²) < 4.78 is 234. The molecule has 9 aromatic carbocycles. The molecule has 2 fully saturated rings. The van der Waals surface area contributed by atoms with Crippen LogP contribution in [0.25, 0.3) is 0 Å². The van der Waals surface area contributed by atoms with Crippen molar-refractivity contribution in [2.45, 2.75) is 110 Å². The lowest BCUT2D eigenvalue weighted by molar-refractivity contribution is -0.209. The van der Waals surface area contributed by atoms with Gasteiger partial charge in [0.05, 0.1) is 32.7 Å². The van der Waals surface area contributed by atoms with Crippen LogP contribution in [0.5, 0.6) is 17.2 Å². The Morgan fingerprint density at radius 3 is 0.879 bits per heavy atom. The normalized spacial score (nSPS) is 16.2. The first-order valence-electron chi connectivity index (χ1n) is 29.2. The Hall–Kier alpha value is -8.20. The van der Waals surface area contributed by atoms with Gasteiger partial charge in [0.25, 0.3) is 0 Å². The van der Waals surface area contributed by atoms with Crippen molar-refractivity contribution in [1.82, 2.24) is 0 Å². The van der Waals surface area contributed by atoms with Crippen LogP contribution in [0.2, 0.25) is 0 Å². The number of fused-ring (bicyclic) bond motifs is 2. The van der Waals surface area contributed by atoms with E-state index in [4.69, 9.17) is 4.74 Å². The van der Waals surface area contributed by atoms with Gasteiger partial charge in [0.2, 0.25) is 0 Å². The molecule has 2 aliphatic carbocycles. The summed E-state index contributed by atoms with van der Waals surface area (Å²) in [6.45, 7) is -0.345. The van der Waals surface area contributed by atoms with E-state index in [0.717, 1.165) is 54.2 Å². The standard InChI is InChI=1S/C25H25OS.C21H14F4O5S2.C20H14F2O5S2.C3H4F4O3S/c1-3-7-22(8-4-1)27(23-9-5-2-6-10-23)24-15-13-21(14-16-24)26-25-18-19-11-12-20(25)17-19;22-20(21(23,24)25,32(27,28)29)19(26)30-15-11-13-18(14-12-15)31(16-7-3-1-4-8-16)17-9-5-2-6-10-17;21-20(22,29(24,25)26)19(23)27-15-11-13-18(14-12-15)28(16-7-3-1-4-8-16)17-9-5-2-6-10-17;1-2(4,5)3(6,7)11(8,9)10/h1-10,13-16,19-20,25H,11-12,17-18H2;1-14H;1-14H;1H3,(H,8,9,10)/q+1;;;/p-1. The van der Waals surface area contributed by atoms with E-state index < -0.39 is 97.4 Å². The van der Waals surface area contributed by atoms with Crippen LogP contribution in [0.3, 0.4) is 0 Å². The first-order valence-corrected chi connectivity index (χ1v) is 37.1. The van der Waals surface area contributed by atoms with E-state index in [9.17, 15) is 92.4 Å². The van der Waals surface area contributed by atoms with Crippen LogP contribution in [-0.2, 0) is 72.6 Å². The molecule has 9 aromatic rings. The van der Waals surface area contributed by atoms with E-state index in [0.29, 0.717) is 11.0 Å². The number of rotatable bonds is 19. The van der Waals surface area contributed by atoms with Crippen LogP contribution in [-0.4, -0.2) is 84.6 Å². The number of alkyl halides is 10. The number of hydrogen-bond acceptors (Lipinski definition) is 14. The Morgan fingerprint density at radius 1 is 0.374 bits per heavy atom. The average molecular weight is 1490 g/mol. The highest BCUT2D eigenvalue weighted by atomic mass is 32.2. The van der Waals surface area contributed by atoms with Crippen LogP contribution in [0.1, 0.15) is 32.6 Å². The molecule has 99 heavy (non-hydrogen) atoms. The van der Waals surface area contributed by atoms with Gasteiger partial charge in [-0.1, -0.05) is 109 Å². The minimum atomic E-state index is -6.75. The second-order valence-electron chi connectivity index (χ2n) is 21.7. The van der Waals surface area contributed by atoms with Crippen molar-refractivity contribution in [3.63, 3.8) is 0 Å². The summed E-state index contributed by atoms with van der Waals surface area (Å²) in [6.07, 6.45) is -0.452. The summed E-state index contributed by atoms with van der Waals surface area (Å²) in [5.41, 5.74) is 0. The van der Waals surface area contributed by atoms with Crippen LogP contribution < -0.4 is 14.2 Å². The number of benzene rings is 9. The molecule has 2 saturated carbocycles. The summed E-state index contributed by atoms with van der Waals surface area (Å²) >= 11 is 0. The number of esters is 2. The van der Waals surface area contributed by atoms with Gasteiger partial charge in [-0.05, 0) is 183 Å². The molecule has 11 rings (SSSR count). The largest absolute Gasteiger partial charge is 0.745 e. The molecule has 0 aromatic heterocycles. The van der Waals surface area contributed by atoms with Gasteiger partial charge >= 0.3 is 39.5 Å². The molecule has 0 amide bonds. The minimum Gasteiger partial charge on any atom is -0.745 e. The molecule has 30 heteroatoms. The van der Waals surface area contributed by atoms with Crippen LogP contribution in [0, 0.1) is 11.8 Å². The third-order valence-corrected chi connectivity index (χ3v) is 24.3. The number of halogens is 10. The van der Waals surface area contributed by atoms with Gasteiger partial charge in [-0.25, -0.2) is 39.2 Å². The molecule has 522 valence electrons.